The molecule has 1 saturated heterocycles. The largest absolute Gasteiger partial charge is 0.328 e. The molecule has 4 N–H and O–H groups in total. The normalized spacial score (nSPS) is 20.1. The summed E-state index contributed by atoms with van der Waals surface area (Å²) < 4.78 is 0. The minimum atomic E-state index is -0.932. The van der Waals surface area contributed by atoms with Gasteiger partial charge in [-0.15, -0.1) is 0 Å². The lowest BCUT2D eigenvalue weighted by molar-refractivity contribution is -0.136. The number of unbranched alkanes of at least 4 members (excludes halogenated alkanes) is 2. The van der Waals surface area contributed by atoms with Crippen molar-refractivity contribution in [2.24, 2.45) is 5.73 Å². The number of nitrogens with one attached hydrogen (secondary N) is 2. The van der Waals surface area contributed by atoms with Crippen LogP contribution in [-0.4, -0.2) is 47.2 Å². The number of hydrogen-bond donors (Lipinski definition) is 3. The van der Waals surface area contributed by atoms with Gasteiger partial charge >= 0.3 is 0 Å². The minimum Gasteiger partial charge on any atom is -0.328 e. The van der Waals surface area contributed by atoms with Gasteiger partial charge in [-0.25, -0.2) is 0 Å². The summed E-state index contributed by atoms with van der Waals surface area (Å²) in [5.41, 5.74) is 7.27. The van der Waals surface area contributed by atoms with Gasteiger partial charge in [-0.3, -0.25) is 29.4 Å². The number of nitrogens with zero attached hydrogens (tertiary/aromatic N) is 1. The number of carbonyl (C=O) groups is 4. The first-order valence-electron chi connectivity index (χ1n) is 10.2. The fourth-order valence-corrected chi connectivity index (χ4v) is 3.75. The smallest absolute Gasteiger partial charge is 0.262 e. The molecule has 29 heavy (non-hydrogen) atoms. The van der Waals surface area contributed by atoms with E-state index in [2.05, 4.69) is 10.6 Å². The Balaban J connectivity index is 1.56. The molecule has 0 aliphatic carbocycles. The molecule has 156 valence electrons. The van der Waals surface area contributed by atoms with Gasteiger partial charge in [0.2, 0.25) is 11.8 Å². The number of rotatable bonds is 9. The topological polar surface area (TPSA) is 122 Å². The standard InChI is InChI=1S/C21H28N4O4/c1-13(22)5-3-2-4-10-23-12-14-6-7-15-16(11-14)21(29)25(20(15)28)17-8-9-18(26)24-19(17)27/h6-7,11,13,17,23H,2-5,8-10,12,22H2,1H3,(H,24,26,27)/t13-,17?/m0/s1. The maximum absolute atomic E-state index is 12.8. The van der Waals surface area contributed by atoms with Crippen LogP contribution >= 0.6 is 0 Å². The molecule has 2 aliphatic heterocycles. The first-order valence-corrected chi connectivity index (χ1v) is 10.2. The third-order valence-corrected chi connectivity index (χ3v) is 5.35. The summed E-state index contributed by atoms with van der Waals surface area (Å²) in [4.78, 5) is 49.9. The van der Waals surface area contributed by atoms with E-state index in [1.807, 2.05) is 13.0 Å². The van der Waals surface area contributed by atoms with Crippen LogP contribution in [0.15, 0.2) is 18.2 Å². The summed E-state index contributed by atoms with van der Waals surface area (Å²) in [7, 11) is 0. The van der Waals surface area contributed by atoms with E-state index in [1.54, 1.807) is 12.1 Å². The summed E-state index contributed by atoms with van der Waals surface area (Å²) in [6.07, 6.45) is 4.59. The summed E-state index contributed by atoms with van der Waals surface area (Å²) >= 11 is 0. The maximum Gasteiger partial charge on any atom is 0.262 e. The number of carbonyl (C=O) groups excluding carboxylic acids is 4. The lowest BCUT2D eigenvalue weighted by atomic mass is 10.0. The van der Waals surface area contributed by atoms with Crippen molar-refractivity contribution in [2.75, 3.05) is 6.54 Å². The van der Waals surface area contributed by atoms with Crippen LogP contribution < -0.4 is 16.4 Å². The molecule has 1 unspecified atom stereocenters. The Kier molecular flexibility index (Phi) is 6.76. The number of amides is 4. The Morgan fingerprint density at radius 2 is 1.90 bits per heavy atom. The number of piperidine rings is 1. The molecule has 1 aromatic rings. The summed E-state index contributed by atoms with van der Waals surface area (Å²) in [5.74, 6) is -1.93. The van der Waals surface area contributed by atoms with Crippen molar-refractivity contribution < 1.29 is 19.2 Å². The van der Waals surface area contributed by atoms with Crippen LogP contribution in [0.25, 0.3) is 0 Å². The van der Waals surface area contributed by atoms with Gasteiger partial charge in [0.1, 0.15) is 6.04 Å². The quantitative estimate of drug-likeness (QED) is 0.421. The van der Waals surface area contributed by atoms with Gasteiger partial charge in [0.15, 0.2) is 0 Å². The monoisotopic (exact) mass is 400 g/mol. The fourth-order valence-electron chi connectivity index (χ4n) is 3.75. The Bertz CT molecular complexity index is 821. The van der Waals surface area contributed by atoms with Crippen molar-refractivity contribution in [3.8, 4) is 0 Å². The van der Waals surface area contributed by atoms with Crippen LogP contribution in [-0.2, 0) is 16.1 Å². The maximum atomic E-state index is 12.8. The second-order valence-corrected chi connectivity index (χ2v) is 7.83. The van der Waals surface area contributed by atoms with E-state index in [9.17, 15) is 19.2 Å². The van der Waals surface area contributed by atoms with E-state index in [0.717, 1.165) is 42.7 Å². The molecule has 2 atom stereocenters. The number of fused-ring (bicyclic) bond motifs is 1. The SMILES string of the molecule is C[C@H](N)CCCCCNCc1ccc2c(c1)C(=O)N(C1CCC(=O)NC1=O)C2=O. The van der Waals surface area contributed by atoms with Crippen LogP contribution in [0.1, 0.15) is 71.7 Å². The average molecular weight is 400 g/mol. The second-order valence-electron chi connectivity index (χ2n) is 7.83. The Labute approximate surface area is 170 Å². The second kappa shape index (κ2) is 9.28. The highest BCUT2D eigenvalue weighted by atomic mass is 16.2. The highest BCUT2D eigenvalue weighted by Gasteiger charge is 2.44. The molecule has 8 nitrogen and oxygen atoms in total. The molecule has 2 aliphatic rings. The first kappa shape index (κ1) is 21.1. The molecular formula is C21H28N4O4. The Hall–Kier alpha value is -2.58. The van der Waals surface area contributed by atoms with E-state index in [-0.39, 0.29) is 24.8 Å². The third kappa shape index (κ3) is 4.89. The van der Waals surface area contributed by atoms with Crippen LogP contribution in [0, 0.1) is 0 Å². The van der Waals surface area contributed by atoms with Crippen molar-refractivity contribution in [1.82, 2.24) is 15.5 Å². The van der Waals surface area contributed by atoms with Crippen molar-refractivity contribution in [1.29, 1.82) is 0 Å². The van der Waals surface area contributed by atoms with Crippen molar-refractivity contribution in [2.45, 2.75) is 64.1 Å². The number of imide groups is 2. The van der Waals surface area contributed by atoms with Gasteiger partial charge in [0.25, 0.3) is 11.8 Å². The Morgan fingerprint density at radius 1 is 1.14 bits per heavy atom. The number of hydrogen-bond acceptors (Lipinski definition) is 6. The molecule has 0 saturated carbocycles. The zero-order valence-electron chi connectivity index (χ0n) is 16.7. The summed E-state index contributed by atoms with van der Waals surface area (Å²) in [6.45, 7) is 3.48. The molecular weight excluding hydrogens is 372 g/mol. The van der Waals surface area contributed by atoms with Gasteiger partial charge in [0, 0.05) is 19.0 Å². The Morgan fingerprint density at radius 3 is 2.62 bits per heavy atom. The highest BCUT2D eigenvalue weighted by molar-refractivity contribution is 6.23. The van der Waals surface area contributed by atoms with Gasteiger partial charge in [-0.1, -0.05) is 18.9 Å². The van der Waals surface area contributed by atoms with E-state index >= 15 is 0 Å². The van der Waals surface area contributed by atoms with Crippen LogP contribution in [0.3, 0.4) is 0 Å². The first-order chi connectivity index (χ1) is 13.9. The predicted octanol–water partition coefficient (Wildman–Crippen LogP) is 1.08. The molecule has 1 aromatic carbocycles. The molecule has 1 fully saturated rings. The van der Waals surface area contributed by atoms with E-state index in [1.165, 1.54) is 0 Å². The third-order valence-electron chi connectivity index (χ3n) is 5.35. The van der Waals surface area contributed by atoms with Crippen LogP contribution in [0.2, 0.25) is 0 Å². The fraction of sp³-hybridized carbons (Fsp3) is 0.524. The molecule has 4 amide bonds. The molecule has 0 radical (unpaired) electrons. The van der Waals surface area contributed by atoms with Crippen LogP contribution in [0.4, 0.5) is 0 Å². The van der Waals surface area contributed by atoms with E-state index < -0.39 is 23.8 Å². The lowest BCUT2D eigenvalue weighted by Gasteiger charge is -2.27. The number of benzene rings is 1. The zero-order valence-corrected chi connectivity index (χ0v) is 16.7. The highest BCUT2D eigenvalue weighted by Crippen LogP contribution is 2.28. The van der Waals surface area contributed by atoms with Gasteiger partial charge < -0.3 is 11.1 Å². The molecule has 0 bridgehead atoms. The molecule has 2 heterocycles. The van der Waals surface area contributed by atoms with Crippen LogP contribution in [0.5, 0.6) is 0 Å². The van der Waals surface area contributed by atoms with Gasteiger partial charge in [-0.2, -0.15) is 0 Å². The van der Waals surface area contributed by atoms with Crippen molar-refractivity contribution in [3.63, 3.8) is 0 Å². The van der Waals surface area contributed by atoms with Gasteiger partial charge in [0.05, 0.1) is 11.1 Å². The van der Waals surface area contributed by atoms with Gasteiger partial charge in [-0.05, 0) is 50.4 Å². The molecule has 8 heteroatoms. The summed E-state index contributed by atoms with van der Waals surface area (Å²) in [5, 5.41) is 5.55. The average Bonchev–Trinajstić information content (AvgIpc) is 2.91. The zero-order chi connectivity index (χ0) is 21.0. The predicted molar refractivity (Wildman–Crippen MR) is 107 cm³/mol. The molecule has 0 aromatic heterocycles. The number of nitrogens with two attached hydrogens (primary N) is 1. The lowest BCUT2D eigenvalue weighted by Crippen LogP contribution is -2.54. The van der Waals surface area contributed by atoms with E-state index in [0.29, 0.717) is 17.7 Å². The van der Waals surface area contributed by atoms with Crippen molar-refractivity contribution in [3.05, 3.63) is 34.9 Å². The summed E-state index contributed by atoms with van der Waals surface area (Å²) in [6, 6.07) is 4.49. The van der Waals surface area contributed by atoms with E-state index in [4.69, 9.17) is 5.73 Å². The minimum absolute atomic E-state index is 0.114. The van der Waals surface area contributed by atoms with Crippen molar-refractivity contribution >= 4 is 23.6 Å². The molecule has 3 rings (SSSR count). The molecule has 0 spiro atoms.